The number of fused-ring (bicyclic) bond motifs is 4. The molecule has 0 saturated carbocycles. The molecule has 2 aromatic heterocycles. The van der Waals surface area contributed by atoms with Crippen LogP contribution in [0.3, 0.4) is 0 Å². The van der Waals surface area contributed by atoms with Gasteiger partial charge in [0.1, 0.15) is 41.4 Å². The predicted octanol–water partition coefficient (Wildman–Crippen LogP) is 5.29. The summed E-state index contributed by atoms with van der Waals surface area (Å²) in [6, 6.07) is 6.76. The van der Waals surface area contributed by atoms with Crippen LogP contribution in [0.15, 0.2) is 43.1 Å². The quantitative estimate of drug-likeness (QED) is 0.198. The number of piperazine rings is 1. The Kier molecular flexibility index (Phi) is 9.07. The van der Waals surface area contributed by atoms with Crippen LogP contribution < -0.4 is 9.64 Å². The van der Waals surface area contributed by atoms with Gasteiger partial charge in [0, 0.05) is 62.5 Å². The molecule has 1 unspecified atom stereocenters. The minimum atomic E-state index is -1.06. The largest absolute Gasteiger partial charge is 0.508 e. The molecule has 8 rings (SSSR count). The summed E-state index contributed by atoms with van der Waals surface area (Å²) in [5, 5.41) is 21.4. The fourth-order valence-corrected chi connectivity index (χ4v) is 9.03. The van der Waals surface area contributed by atoms with Gasteiger partial charge in [0.15, 0.2) is 5.82 Å². The number of amides is 1. The second kappa shape index (κ2) is 13.8. The lowest BCUT2D eigenvalue weighted by Crippen LogP contribution is -2.56. The van der Waals surface area contributed by atoms with Crippen molar-refractivity contribution in [1.82, 2.24) is 24.8 Å². The zero-order chi connectivity index (χ0) is 37.9. The number of phenols is 1. The van der Waals surface area contributed by atoms with Gasteiger partial charge in [-0.1, -0.05) is 18.6 Å². The van der Waals surface area contributed by atoms with Crippen LogP contribution in [0, 0.1) is 41.2 Å². The Morgan fingerprint density at radius 1 is 1.20 bits per heavy atom. The van der Waals surface area contributed by atoms with Gasteiger partial charge in [-0.05, 0) is 55.8 Å². The van der Waals surface area contributed by atoms with Gasteiger partial charge in [-0.15, -0.1) is 6.42 Å². The molecule has 0 aliphatic carbocycles. The number of nitrogens with zero attached hydrogens (tertiary/aromatic N) is 7. The molecule has 0 spiro atoms. The average Bonchev–Trinajstić information content (AvgIpc) is 3.60. The van der Waals surface area contributed by atoms with Crippen LogP contribution in [-0.2, 0) is 9.53 Å². The van der Waals surface area contributed by atoms with Crippen molar-refractivity contribution in [2.24, 2.45) is 5.92 Å². The number of likely N-dealkylation sites (tertiary alicyclic amines) is 1. The number of terminal acetylenes is 1. The number of ether oxygens (including phenoxy) is 2. The number of halogens is 3. The Morgan fingerprint density at radius 3 is 2.74 bits per heavy atom. The van der Waals surface area contributed by atoms with E-state index in [0.717, 1.165) is 12.8 Å². The molecular weight excluding hydrogens is 699 g/mol. The molecule has 4 saturated heterocycles. The van der Waals surface area contributed by atoms with Crippen molar-refractivity contribution >= 4 is 33.4 Å². The van der Waals surface area contributed by atoms with Crippen LogP contribution in [0.4, 0.5) is 19.0 Å². The molecule has 1 amide bonds. The summed E-state index contributed by atoms with van der Waals surface area (Å²) in [7, 11) is 0. The third-order valence-electron chi connectivity index (χ3n) is 11.5. The summed E-state index contributed by atoms with van der Waals surface area (Å²) in [5.41, 5.74) is -1.17. The molecule has 0 radical (unpaired) electrons. The molecule has 278 valence electrons. The molecule has 5 atom stereocenters. The highest BCUT2D eigenvalue weighted by Gasteiger charge is 2.49. The van der Waals surface area contributed by atoms with E-state index in [9.17, 15) is 19.6 Å². The van der Waals surface area contributed by atoms with Crippen LogP contribution in [0.1, 0.15) is 38.2 Å². The van der Waals surface area contributed by atoms with Crippen LogP contribution in [0.2, 0.25) is 0 Å². The molecule has 54 heavy (non-hydrogen) atoms. The van der Waals surface area contributed by atoms with Gasteiger partial charge >= 0.3 is 6.01 Å². The number of pyridine rings is 1. The van der Waals surface area contributed by atoms with Gasteiger partial charge in [-0.3, -0.25) is 14.7 Å². The maximum Gasteiger partial charge on any atom is 0.319 e. The SMILES string of the molecule is C#Cc1c(F)ccc2cc(O)cc(-c3ncc4c(N5C[C@H]6CC(C#N)[C@@H](C5)N6C(=O)C=C)nc(OC[C@]5(C)C[C@@H](F)CN5C5CCOCC5)nc4c3F)c12. The number of alkyl halides is 1. The van der Waals surface area contributed by atoms with Crippen molar-refractivity contribution in [2.45, 2.75) is 62.4 Å². The van der Waals surface area contributed by atoms with Crippen molar-refractivity contribution < 1.29 is 32.5 Å². The molecule has 14 heteroatoms. The van der Waals surface area contributed by atoms with Gasteiger partial charge in [-0.2, -0.15) is 15.2 Å². The first kappa shape index (κ1) is 35.6. The first-order valence-electron chi connectivity index (χ1n) is 18.0. The number of hydrogen-bond donors (Lipinski definition) is 1. The smallest absolute Gasteiger partial charge is 0.319 e. The molecule has 2 bridgehead atoms. The number of rotatable bonds is 7. The molecule has 1 N–H and O–H groups in total. The molecular formula is C40H38F3N7O4. The summed E-state index contributed by atoms with van der Waals surface area (Å²) in [6.45, 7) is 7.52. The zero-order valence-electron chi connectivity index (χ0n) is 29.6. The topological polar surface area (TPSA) is 128 Å². The Bertz CT molecular complexity index is 2270. The maximum absolute atomic E-state index is 17.1. The monoisotopic (exact) mass is 737 g/mol. The Morgan fingerprint density at radius 2 is 2.00 bits per heavy atom. The molecule has 4 aliphatic heterocycles. The predicted molar refractivity (Wildman–Crippen MR) is 194 cm³/mol. The normalized spacial score (nSPS) is 25.9. The number of carbonyl (C=O) groups is 1. The summed E-state index contributed by atoms with van der Waals surface area (Å²) >= 11 is 0. The fourth-order valence-electron chi connectivity index (χ4n) is 9.03. The van der Waals surface area contributed by atoms with Crippen molar-refractivity contribution in [1.29, 1.82) is 5.26 Å². The summed E-state index contributed by atoms with van der Waals surface area (Å²) in [6.07, 6.45) is 9.49. The summed E-state index contributed by atoms with van der Waals surface area (Å²) < 4.78 is 59.0. The lowest BCUT2D eigenvalue weighted by molar-refractivity contribution is -0.129. The number of benzene rings is 2. The van der Waals surface area contributed by atoms with E-state index < -0.39 is 35.3 Å². The van der Waals surface area contributed by atoms with Crippen LogP contribution >= 0.6 is 0 Å². The highest BCUT2D eigenvalue weighted by Crippen LogP contribution is 2.42. The van der Waals surface area contributed by atoms with E-state index in [1.165, 1.54) is 36.5 Å². The zero-order valence-corrected chi connectivity index (χ0v) is 29.6. The van der Waals surface area contributed by atoms with Gasteiger partial charge < -0.3 is 24.4 Å². The third-order valence-corrected chi connectivity index (χ3v) is 11.5. The van der Waals surface area contributed by atoms with Crippen LogP contribution in [0.25, 0.3) is 32.9 Å². The number of aromatic hydroxyl groups is 1. The number of phenolic OH excluding ortho intramolecular Hbond substituents is 1. The maximum atomic E-state index is 17.1. The molecule has 4 fully saturated rings. The minimum absolute atomic E-state index is 0.0145. The number of aromatic nitrogens is 3. The van der Waals surface area contributed by atoms with Gasteiger partial charge in [0.2, 0.25) is 5.91 Å². The van der Waals surface area contributed by atoms with Crippen LogP contribution in [0.5, 0.6) is 11.8 Å². The van der Waals surface area contributed by atoms with Crippen molar-refractivity contribution in [3.05, 3.63) is 60.3 Å². The lowest BCUT2D eigenvalue weighted by Gasteiger charge is -2.42. The van der Waals surface area contributed by atoms with E-state index in [0.29, 0.717) is 25.0 Å². The molecule has 11 nitrogen and oxygen atoms in total. The van der Waals surface area contributed by atoms with Gasteiger partial charge in [0.05, 0.1) is 40.6 Å². The fraction of sp³-hybridized carbons (Fsp3) is 0.425. The number of hydrogen-bond acceptors (Lipinski definition) is 10. The number of nitriles is 1. The van der Waals surface area contributed by atoms with E-state index in [1.54, 1.807) is 4.90 Å². The van der Waals surface area contributed by atoms with Gasteiger partial charge in [-0.25, -0.2) is 13.2 Å². The Hall–Kier alpha value is -5.44. The second-order valence-corrected chi connectivity index (χ2v) is 14.8. The van der Waals surface area contributed by atoms with Crippen molar-refractivity contribution in [3.63, 3.8) is 0 Å². The minimum Gasteiger partial charge on any atom is -0.508 e. The molecule has 6 heterocycles. The number of anilines is 1. The standard InChI is InChI=1S/C40H38F3N7O4/c1-4-28-31(42)7-6-22-13-27(51)14-29(34(22)28)36-35(43)37-30(17-45-36)38(48-19-26-12-23(16-44)32(20-48)50(26)33(52)5-2)47-39(46-37)54-21-40(3)15-24(41)18-49(40)25-8-10-53-11-9-25/h1,5-7,13-14,17,23-26,32,51H,2,8-12,15,18-21H2,3H3/t23?,24-,26-,32-,40+/m1/s1. The van der Waals surface area contributed by atoms with E-state index in [1.807, 2.05) is 11.8 Å². The molecule has 2 aromatic carbocycles. The Labute approximate surface area is 310 Å². The lowest BCUT2D eigenvalue weighted by atomic mass is 9.95. The Balaban J connectivity index is 1.25. The second-order valence-electron chi connectivity index (χ2n) is 14.8. The molecule has 4 aliphatic rings. The van der Waals surface area contributed by atoms with Crippen LogP contribution in [-0.4, -0.2) is 105 Å². The van der Waals surface area contributed by atoms with E-state index >= 15 is 8.78 Å². The van der Waals surface area contributed by atoms with Crippen molar-refractivity contribution in [3.8, 4) is 41.4 Å². The van der Waals surface area contributed by atoms with E-state index in [-0.39, 0.29) is 101 Å². The molecule has 4 aromatic rings. The first-order valence-corrected chi connectivity index (χ1v) is 18.0. The van der Waals surface area contributed by atoms with E-state index in [4.69, 9.17) is 20.9 Å². The first-order chi connectivity index (χ1) is 26.0. The van der Waals surface area contributed by atoms with Crippen molar-refractivity contribution in [2.75, 3.05) is 44.4 Å². The highest BCUT2D eigenvalue weighted by atomic mass is 19.1. The highest BCUT2D eigenvalue weighted by molar-refractivity contribution is 6.03. The third kappa shape index (κ3) is 5.94. The van der Waals surface area contributed by atoms with Gasteiger partial charge in [0.25, 0.3) is 0 Å². The number of carbonyl (C=O) groups excluding carboxylic acids is 1. The summed E-state index contributed by atoms with van der Waals surface area (Å²) in [4.78, 5) is 32.4. The average molecular weight is 738 g/mol. The summed E-state index contributed by atoms with van der Waals surface area (Å²) in [5.74, 6) is 0.125. The van der Waals surface area contributed by atoms with E-state index in [2.05, 4.69) is 33.4 Å².